The second-order valence-electron chi connectivity index (χ2n) is 6.94. The van der Waals surface area contributed by atoms with Crippen molar-refractivity contribution in [3.8, 4) is 0 Å². The van der Waals surface area contributed by atoms with Crippen molar-refractivity contribution in [3.63, 3.8) is 0 Å². The molecule has 0 aromatic heterocycles. The molecule has 0 bridgehead atoms. The Morgan fingerprint density at radius 2 is 1.89 bits per heavy atom. The fourth-order valence-corrected chi connectivity index (χ4v) is 3.63. The van der Waals surface area contributed by atoms with Gasteiger partial charge in [0.15, 0.2) is 0 Å². The molecule has 5 nitrogen and oxygen atoms in total. The van der Waals surface area contributed by atoms with Gasteiger partial charge in [0.25, 0.3) is 0 Å². The Hall–Kier alpha value is -2.18. The second-order valence-corrected chi connectivity index (χ2v) is 7.80. The Balaban J connectivity index is 1.52. The molecule has 2 N–H and O–H groups in total. The summed E-state index contributed by atoms with van der Waals surface area (Å²) in [5.74, 6) is -0.135. The minimum absolute atomic E-state index is 0.0220. The molecule has 2 amide bonds. The number of carbonyl (C=O) groups excluding carboxylic acids is 2. The first-order valence-electron chi connectivity index (χ1n) is 9.15. The summed E-state index contributed by atoms with van der Waals surface area (Å²) in [6, 6.07) is 15.2. The van der Waals surface area contributed by atoms with Crippen molar-refractivity contribution < 1.29 is 9.59 Å². The van der Waals surface area contributed by atoms with Crippen molar-refractivity contribution in [2.24, 2.45) is 5.92 Å². The number of anilines is 2. The molecule has 1 heterocycles. The van der Waals surface area contributed by atoms with Crippen LogP contribution in [0.25, 0.3) is 0 Å². The van der Waals surface area contributed by atoms with E-state index < -0.39 is 0 Å². The van der Waals surface area contributed by atoms with E-state index in [2.05, 4.69) is 31.5 Å². The van der Waals surface area contributed by atoms with Crippen molar-refractivity contribution in [1.29, 1.82) is 0 Å². The molecule has 0 spiro atoms. The summed E-state index contributed by atoms with van der Waals surface area (Å²) in [6.45, 7) is 3.73. The van der Waals surface area contributed by atoms with E-state index in [-0.39, 0.29) is 17.7 Å². The molecule has 6 heteroatoms. The predicted octanol–water partition coefficient (Wildman–Crippen LogP) is 4.05. The molecular weight excluding hydrogens is 406 g/mol. The Labute approximate surface area is 168 Å². The standard InChI is InChI=1S/C21H24BrN3O2/c1-15-9-10-18(12-19(15)22)23-20(26)14-25-11-5-6-16(13-25)21(27)24-17-7-3-2-4-8-17/h2-4,7-10,12,16H,5-6,11,13-14H2,1H3,(H,23,26)(H,24,27). The van der Waals surface area contributed by atoms with Gasteiger partial charge < -0.3 is 10.6 Å². The van der Waals surface area contributed by atoms with Gasteiger partial charge in [-0.3, -0.25) is 14.5 Å². The molecule has 0 aliphatic carbocycles. The quantitative estimate of drug-likeness (QED) is 0.753. The highest BCUT2D eigenvalue weighted by Gasteiger charge is 2.26. The van der Waals surface area contributed by atoms with Crippen LogP contribution in [0.2, 0.25) is 0 Å². The van der Waals surface area contributed by atoms with Gasteiger partial charge in [-0.15, -0.1) is 0 Å². The van der Waals surface area contributed by atoms with Crippen LogP contribution in [0.4, 0.5) is 11.4 Å². The summed E-state index contributed by atoms with van der Waals surface area (Å²) in [7, 11) is 0. The van der Waals surface area contributed by atoms with Crippen LogP contribution in [0.3, 0.4) is 0 Å². The first-order chi connectivity index (χ1) is 13.0. The molecule has 1 atom stereocenters. The molecular formula is C21H24BrN3O2. The van der Waals surface area contributed by atoms with E-state index in [9.17, 15) is 9.59 Å². The van der Waals surface area contributed by atoms with Gasteiger partial charge >= 0.3 is 0 Å². The minimum atomic E-state index is -0.0970. The number of carbonyl (C=O) groups is 2. The van der Waals surface area contributed by atoms with Crippen LogP contribution in [0, 0.1) is 12.8 Å². The van der Waals surface area contributed by atoms with Crippen LogP contribution in [-0.2, 0) is 9.59 Å². The lowest BCUT2D eigenvalue weighted by Crippen LogP contribution is -2.43. The van der Waals surface area contributed by atoms with Gasteiger partial charge in [0.05, 0.1) is 12.5 Å². The SMILES string of the molecule is Cc1ccc(NC(=O)CN2CCCC(C(=O)Nc3ccccc3)C2)cc1Br. The van der Waals surface area contributed by atoms with Crippen LogP contribution in [0.5, 0.6) is 0 Å². The molecule has 1 aliphatic heterocycles. The minimum Gasteiger partial charge on any atom is -0.326 e. The molecule has 142 valence electrons. The van der Waals surface area contributed by atoms with Crippen molar-refractivity contribution in [1.82, 2.24) is 4.90 Å². The molecule has 2 aromatic carbocycles. The summed E-state index contributed by atoms with van der Waals surface area (Å²) < 4.78 is 0.968. The Kier molecular flexibility index (Phi) is 6.63. The molecule has 1 fully saturated rings. The highest BCUT2D eigenvalue weighted by Crippen LogP contribution is 2.21. The highest BCUT2D eigenvalue weighted by atomic mass is 79.9. The van der Waals surface area contributed by atoms with Gasteiger partial charge in [0.2, 0.25) is 11.8 Å². The van der Waals surface area contributed by atoms with Gasteiger partial charge in [0, 0.05) is 22.4 Å². The average Bonchev–Trinajstić information content (AvgIpc) is 2.66. The summed E-state index contributed by atoms with van der Waals surface area (Å²) in [5.41, 5.74) is 2.70. The summed E-state index contributed by atoms with van der Waals surface area (Å²) in [4.78, 5) is 26.9. The molecule has 1 saturated heterocycles. The summed E-state index contributed by atoms with van der Waals surface area (Å²) in [6.07, 6.45) is 1.76. The van der Waals surface area contributed by atoms with Gasteiger partial charge in [-0.05, 0) is 56.1 Å². The number of nitrogens with zero attached hydrogens (tertiary/aromatic N) is 1. The molecule has 1 aliphatic rings. The number of rotatable bonds is 5. The van der Waals surface area contributed by atoms with Crippen molar-refractivity contribution in [3.05, 3.63) is 58.6 Å². The molecule has 0 saturated carbocycles. The van der Waals surface area contributed by atoms with Gasteiger partial charge in [-0.2, -0.15) is 0 Å². The first-order valence-corrected chi connectivity index (χ1v) is 9.95. The smallest absolute Gasteiger partial charge is 0.238 e. The van der Waals surface area contributed by atoms with Crippen molar-refractivity contribution in [2.45, 2.75) is 19.8 Å². The third kappa shape index (κ3) is 5.65. The lowest BCUT2D eigenvalue weighted by atomic mass is 9.97. The summed E-state index contributed by atoms with van der Waals surface area (Å²) in [5, 5.41) is 5.90. The number of hydrogen-bond acceptors (Lipinski definition) is 3. The monoisotopic (exact) mass is 429 g/mol. The van der Waals surface area contributed by atoms with E-state index >= 15 is 0 Å². The number of likely N-dealkylation sites (tertiary alicyclic amines) is 1. The fourth-order valence-electron chi connectivity index (χ4n) is 3.25. The lowest BCUT2D eigenvalue weighted by Gasteiger charge is -2.31. The maximum atomic E-state index is 12.5. The van der Waals surface area contributed by atoms with Crippen molar-refractivity contribution >= 4 is 39.1 Å². The van der Waals surface area contributed by atoms with Gasteiger partial charge in [-0.1, -0.05) is 40.2 Å². The number of piperidine rings is 1. The highest BCUT2D eigenvalue weighted by molar-refractivity contribution is 9.10. The van der Waals surface area contributed by atoms with E-state index in [1.54, 1.807) is 0 Å². The van der Waals surface area contributed by atoms with Gasteiger partial charge in [-0.25, -0.2) is 0 Å². The van der Waals surface area contributed by atoms with E-state index in [0.29, 0.717) is 13.1 Å². The number of amides is 2. The fraction of sp³-hybridized carbons (Fsp3) is 0.333. The largest absolute Gasteiger partial charge is 0.326 e. The number of halogens is 1. The van der Waals surface area contributed by atoms with Crippen LogP contribution >= 0.6 is 15.9 Å². The first kappa shape index (κ1) is 19.6. The molecule has 3 rings (SSSR count). The maximum Gasteiger partial charge on any atom is 0.238 e. The second kappa shape index (κ2) is 9.15. The predicted molar refractivity (Wildman–Crippen MR) is 112 cm³/mol. The zero-order valence-electron chi connectivity index (χ0n) is 15.4. The maximum absolute atomic E-state index is 12.5. The number of nitrogens with one attached hydrogen (secondary N) is 2. The number of para-hydroxylation sites is 1. The molecule has 27 heavy (non-hydrogen) atoms. The number of hydrogen-bond donors (Lipinski definition) is 2. The topological polar surface area (TPSA) is 61.4 Å². The Morgan fingerprint density at radius 1 is 1.11 bits per heavy atom. The van der Waals surface area contributed by atoms with Crippen LogP contribution in [0.15, 0.2) is 53.0 Å². The zero-order valence-corrected chi connectivity index (χ0v) is 17.0. The van der Waals surface area contributed by atoms with Crippen LogP contribution < -0.4 is 10.6 Å². The van der Waals surface area contributed by atoms with Crippen LogP contribution in [-0.4, -0.2) is 36.3 Å². The number of aryl methyl sites for hydroxylation is 1. The molecule has 1 unspecified atom stereocenters. The van der Waals surface area contributed by atoms with E-state index in [1.165, 1.54) is 0 Å². The van der Waals surface area contributed by atoms with E-state index in [4.69, 9.17) is 0 Å². The van der Waals surface area contributed by atoms with Crippen molar-refractivity contribution in [2.75, 3.05) is 30.3 Å². The average molecular weight is 430 g/mol. The number of benzene rings is 2. The molecule has 2 aromatic rings. The summed E-state index contributed by atoms with van der Waals surface area (Å²) >= 11 is 3.48. The van der Waals surface area contributed by atoms with Gasteiger partial charge in [0.1, 0.15) is 0 Å². The normalized spacial score (nSPS) is 17.3. The van der Waals surface area contributed by atoms with Crippen LogP contribution in [0.1, 0.15) is 18.4 Å². The Bertz CT molecular complexity index is 810. The third-order valence-corrected chi connectivity index (χ3v) is 5.59. The lowest BCUT2D eigenvalue weighted by molar-refractivity contribution is -0.123. The Morgan fingerprint density at radius 3 is 2.63 bits per heavy atom. The van der Waals surface area contributed by atoms with E-state index in [0.717, 1.165) is 40.8 Å². The molecule has 0 radical (unpaired) electrons. The third-order valence-electron chi connectivity index (χ3n) is 4.74. The zero-order chi connectivity index (χ0) is 19.2. The van der Waals surface area contributed by atoms with E-state index in [1.807, 2.05) is 55.5 Å².